The number of hydrogen-bond acceptors (Lipinski definition) is 4. The highest BCUT2D eigenvalue weighted by Gasteiger charge is 2.24. The number of amides is 1. The predicted octanol–water partition coefficient (Wildman–Crippen LogP) is 2.47. The van der Waals surface area contributed by atoms with E-state index in [4.69, 9.17) is 0 Å². The molecule has 0 radical (unpaired) electrons. The molecule has 144 valence electrons. The Morgan fingerprint density at radius 1 is 1.07 bits per heavy atom. The van der Waals surface area contributed by atoms with Crippen molar-refractivity contribution < 1.29 is 17.6 Å². The first-order chi connectivity index (χ1) is 12.7. The molecule has 1 aliphatic heterocycles. The van der Waals surface area contributed by atoms with Gasteiger partial charge in [-0.15, -0.1) is 0 Å². The van der Waals surface area contributed by atoms with Crippen molar-refractivity contribution in [3.63, 3.8) is 0 Å². The van der Waals surface area contributed by atoms with Crippen molar-refractivity contribution >= 4 is 27.3 Å². The maximum absolute atomic E-state index is 13.9. The average molecular weight is 391 g/mol. The van der Waals surface area contributed by atoms with E-state index in [0.717, 1.165) is 11.8 Å². The zero-order valence-electron chi connectivity index (χ0n) is 15.3. The standard InChI is InChI=1S/C19H22FN3O3S/c1-14-7-8-15(13-17(14)21-27(2,25)26)19(24)23-11-9-22(10-12-23)18-6-4-3-5-16(18)20/h3-8,13,21H,9-12H2,1-2H3. The molecule has 2 aromatic carbocycles. The fraction of sp³-hybridized carbons (Fsp3) is 0.316. The average Bonchev–Trinajstić information content (AvgIpc) is 2.62. The summed E-state index contributed by atoms with van der Waals surface area (Å²) in [5.74, 6) is -0.438. The van der Waals surface area contributed by atoms with Gasteiger partial charge in [0.1, 0.15) is 5.82 Å². The molecule has 0 spiro atoms. The Morgan fingerprint density at radius 2 is 1.74 bits per heavy atom. The Morgan fingerprint density at radius 3 is 2.37 bits per heavy atom. The summed E-state index contributed by atoms with van der Waals surface area (Å²) >= 11 is 0. The number of anilines is 2. The third kappa shape index (κ3) is 4.57. The third-order valence-corrected chi connectivity index (χ3v) is 5.13. The Bertz CT molecular complexity index is 954. The third-order valence-electron chi connectivity index (χ3n) is 4.54. The number of aryl methyl sites for hydroxylation is 1. The SMILES string of the molecule is Cc1ccc(C(=O)N2CCN(c3ccccc3F)CC2)cc1NS(C)(=O)=O. The summed E-state index contributed by atoms with van der Waals surface area (Å²) < 4.78 is 39.4. The van der Waals surface area contributed by atoms with Crippen molar-refractivity contribution in [1.82, 2.24) is 4.90 Å². The molecule has 3 rings (SSSR count). The molecular weight excluding hydrogens is 369 g/mol. The summed E-state index contributed by atoms with van der Waals surface area (Å²) in [4.78, 5) is 16.4. The van der Waals surface area contributed by atoms with E-state index in [1.165, 1.54) is 6.07 Å². The molecule has 0 unspecified atom stereocenters. The van der Waals surface area contributed by atoms with Crippen LogP contribution in [0, 0.1) is 12.7 Å². The molecule has 2 aromatic rings. The van der Waals surface area contributed by atoms with Crippen LogP contribution in [0.1, 0.15) is 15.9 Å². The molecule has 1 aliphatic rings. The molecule has 0 atom stereocenters. The lowest BCUT2D eigenvalue weighted by Crippen LogP contribution is -2.49. The zero-order valence-corrected chi connectivity index (χ0v) is 16.1. The number of para-hydroxylation sites is 1. The van der Waals surface area contributed by atoms with Gasteiger partial charge in [0.25, 0.3) is 5.91 Å². The van der Waals surface area contributed by atoms with Crippen molar-refractivity contribution in [2.75, 3.05) is 42.1 Å². The van der Waals surface area contributed by atoms with Crippen molar-refractivity contribution in [1.29, 1.82) is 0 Å². The van der Waals surface area contributed by atoms with Crippen molar-refractivity contribution in [3.8, 4) is 0 Å². The van der Waals surface area contributed by atoms with Gasteiger partial charge in [0.15, 0.2) is 0 Å². The normalized spacial score (nSPS) is 14.9. The number of carbonyl (C=O) groups is 1. The molecule has 0 aromatic heterocycles. The minimum atomic E-state index is -3.43. The van der Waals surface area contributed by atoms with E-state index in [9.17, 15) is 17.6 Å². The molecule has 0 aliphatic carbocycles. The fourth-order valence-electron chi connectivity index (χ4n) is 3.11. The summed E-state index contributed by atoms with van der Waals surface area (Å²) in [6.45, 7) is 3.78. The molecule has 1 heterocycles. The molecule has 27 heavy (non-hydrogen) atoms. The van der Waals surface area contributed by atoms with E-state index in [1.54, 1.807) is 48.2 Å². The first-order valence-corrected chi connectivity index (χ1v) is 10.5. The molecular formula is C19H22FN3O3S. The van der Waals surface area contributed by atoms with Crippen molar-refractivity contribution in [3.05, 3.63) is 59.4 Å². The van der Waals surface area contributed by atoms with E-state index in [0.29, 0.717) is 43.1 Å². The molecule has 0 saturated carbocycles. The first-order valence-electron chi connectivity index (χ1n) is 8.62. The quantitative estimate of drug-likeness (QED) is 0.869. The lowest BCUT2D eigenvalue weighted by atomic mass is 10.1. The van der Waals surface area contributed by atoms with Crippen molar-refractivity contribution in [2.45, 2.75) is 6.92 Å². The number of sulfonamides is 1. The maximum atomic E-state index is 13.9. The molecule has 6 nitrogen and oxygen atoms in total. The summed E-state index contributed by atoms with van der Waals surface area (Å²) in [7, 11) is -3.43. The molecule has 1 saturated heterocycles. The van der Waals surface area contributed by atoms with Crippen LogP contribution in [-0.2, 0) is 10.0 Å². The number of benzene rings is 2. The Balaban J connectivity index is 1.71. The minimum absolute atomic E-state index is 0.167. The molecule has 8 heteroatoms. The van der Waals surface area contributed by atoms with E-state index in [-0.39, 0.29) is 11.7 Å². The largest absolute Gasteiger partial charge is 0.366 e. The number of rotatable bonds is 4. The van der Waals surface area contributed by atoms with Crippen LogP contribution in [0.25, 0.3) is 0 Å². The highest BCUT2D eigenvalue weighted by atomic mass is 32.2. The fourth-order valence-corrected chi connectivity index (χ4v) is 3.73. The van der Waals surface area contributed by atoms with Crippen LogP contribution in [-0.4, -0.2) is 51.7 Å². The van der Waals surface area contributed by atoms with Crippen molar-refractivity contribution in [2.24, 2.45) is 0 Å². The highest BCUT2D eigenvalue weighted by Crippen LogP contribution is 2.22. The Hall–Kier alpha value is -2.61. The van der Waals surface area contributed by atoms with Crippen LogP contribution < -0.4 is 9.62 Å². The van der Waals surface area contributed by atoms with Crippen LogP contribution in [0.4, 0.5) is 15.8 Å². The minimum Gasteiger partial charge on any atom is -0.366 e. The van der Waals surface area contributed by atoms with Gasteiger partial charge in [-0.25, -0.2) is 12.8 Å². The first kappa shape index (κ1) is 19.2. The van der Waals surface area contributed by atoms with Gasteiger partial charge in [-0.1, -0.05) is 18.2 Å². The van der Waals surface area contributed by atoms with E-state index >= 15 is 0 Å². The molecule has 1 amide bonds. The van der Waals surface area contributed by atoms with Crippen LogP contribution in [0.3, 0.4) is 0 Å². The van der Waals surface area contributed by atoms with Crippen LogP contribution in [0.15, 0.2) is 42.5 Å². The van der Waals surface area contributed by atoms with E-state index in [1.807, 2.05) is 4.90 Å². The summed E-state index contributed by atoms with van der Waals surface area (Å²) in [5.41, 5.74) is 2.10. The zero-order chi connectivity index (χ0) is 19.6. The monoisotopic (exact) mass is 391 g/mol. The number of piperazine rings is 1. The molecule has 1 fully saturated rings. The van der Waals surface area contributed by atoms with Crippen LogP contribution >= 0.6 is 0 Å². The van der Waals surface area contributed by atoms with Gasteiger partial charge in [0.2, 0.25) is 10.0 Å². The second-order valence-corrected chi connectivity index (χ2v) is 8.38. The van der Waals surface area contributed by atoms with Gasteiger partial charge < -0.3 is 9.80 Å². The topological polar surface area (TPSA) is 69.7 Å². The summed E-state index contributed by atoms with van der Waals surface area (Å²) in [5, 5.41) is 0. The Kier molecular flexibility index (Phi) is 5.36. The maximum Gasteiger partial charge on any atom is 0.254 e. The number of nitrogens with zero attached hydrogens (tertiary/aromatic N) is 2. The lowest BCUT2D eigenvalue weighted by Gasteiger charge is -2.36. The lowest BCUT2D eigenvalue weighted by molar-refractivity contribution is 0.0746. The molecule has 1 N–H and O–H groups in total. The van der Waals surface area contributed by atoms with Gasteiger partial charge in [0, 0.05) is 31.7 Å². The molecule has 0 bridgehead atoms. The van der Waals surface area contributed by atoms with E-state index in [2.05, 4.69) is 4.72 Å². The second-order valence-electron chi connectivity index (χ2n) is 6.63. The second kappa shape index (κ2) is 7.56. The van der Waals surface area contributed by atoms with Crippen LogP contribution in [0.2, 0.25) is 0 Å². The predicted molar refractivity (Wildman–Crippen MR) is 104 cm³/mol. The summed E-state index contributed by atoms with van der Waals surface area (Å²) in [6, 6.07) is 11.6. The van der Waals surface area contributed by atoms with Crippen LogP contribution in [0.5, 0.6) is 0 Å². The van der Waals surface area contributed by atoms with E-state index < -0.39 is 10.0 Å². The number of halogens is 1. The van der Waals surface area contributed by atoms with Gasteiger partial charge in [0.05, 0.1) is 17.6 Å². The van der Waals surface area contributed by atoms with Gasteiger partial charge in [-0.05, 0) is 36.8 Å². The van der Waals surface area contributed by atoms with Gasteiger partial charge in [-0.3, -0.25) is 9.52 Å². The Labute approximate surface area is 158 Å². The van der Waals surface area contributed by atoms with Gasteiger partial charge in [-0.2, -0.15) is 0 Å². The number of nitrogens with one attached hydrogen (secondary N) is 1. The number of carbonyl (C=O) groups excluding carboxylic acids is 1. The van der Waals surface area contributed by atoms with Gasteiger partial charge >= 0.3 is 0 Å². The highest BCUT2D eigenvalue weighted by molar-refractivity contribution is 7.92. The summed E-state index contributed by atoms with van der Waals surface area (Å²) in [6.07, 6.45) is 1.07. The number of hydrogen-bond donors (Lipinski definition) is 1. The smallest absolute Gasteiger partial charge is 0.254 e.